The second-order valence-corrected chi connectivity index (χ2v) is 5.27. The first-order valence-electron chi connectivity index (χ1n) is 6.86. The fraction of sp³-hybridized carbons (Fsp3) is 0.692. The predicted octanol–water partition coefficient (Wildman–Crippen LogP) is 0.354. The van der Waals surface area contributed by atoms with Crippen LogP contribution in [0.2, 0.25) is 0 Å². The highest BCUT2D eigenvalue weighted by Gasteiger charge is 2.33. The summed E-state index contributed by atoms with van der Waals surface area (Å²) in [5.41, 5.74) is 0.293. The maximum absolute atomic E-state index is 12.1. The Bertz CT molecular complexity index is 461. The molecular weight excluding hydrogens is 262 g/mol. The predicted molar refractivity (Wildman–Crippen MR) is 71.0 cm³/mol. The molecule has 0 radical (unpaired) electrons. The lowest BCUT2D eigenvalue weighted by Crippen LogP contribution is -2.48. The summed E-state index contributed by atoms with van der Waals surface area (Å²) in [5.74, 6) is -1.88. The van der Waals surface area contributed by atoms with Crippen LogP contribution >= 0.6 is 0 Å². The van der Waals surface area contributed by atoms with Crippen molar-refractivity contribution in [1.82, 2.24) is 10.3 Å². The summed E-state index contributed by atoms with van der Waals surface area (Å²) >= 11 is 0. The number of rotatable bonds is 3. The van der Waals surface area contributed by atoms with Gasteiger partial charge >= 0.3 is 5.97 Å². The molecule has 0 saturated heterocycles. The summed E-state index contributed by atoms with van der Waals surface area (Å²) in [6.45, 7) is 0. The molecule has 1 aliphatic heterocycles. The molecule has 1 aliphatic carbocycles. The highest BCUT2D eigenvalue weighted by Crippen LogP contribution is 2.24. The molecular formula is C13H19N3O4. The Labute approximate surface area is 117 Å². The van der Waals surface area contributed by atoms with Crippen molar-refractivity contribution in [2.75, 3.05) is 7.05 Å². The minimum absolute atomic E-state index is 0.123. The van der Waals surface area contributed by atoms with E-state index in [0.29, 0.717) is 25.0 Å². The zero-order chi connectivity index (χ0) is 14.7. The molecule has 1 saturated carbocycles. The van der Waals surface area contributed by atoms with Crippen LogP contribution in [-0.4, -0.2) is 46.7 Å². The van der Waals surface area contributed by atoms with E-state index in [2.05, 4.69) is 10.4 Å². The largest absolute Gasteiger partial charge is 0.481 e. The molecule has 2 N–H and O–H groups in total. The van der Waals surface area contributed by atoms with Gasteiger partial charge in [0, 0.05) is 25.9 Å². The van der Waals surface area contributed by atoms with Crippen molar-refractivity contribution in [2.45, 2.75) is 44.6 Å². The van der Waals surface area contributed by atoms with Gasteiger partial charge in [-0.25, -0.2) is 5.01 Å². The molecule has 0 aromatic rings. The van der Waals surface area contributed by atoms with Crippen LogP contribution in [0.15, 0.2) is 5.10 Å². The lowest BCUT2D eigenvalue weighted by Gasteiger charge is -2.30. The molecule has 20 heavy (non-hydrogen) atoms. The van der Waals surface area contributed by atoms with Gasteiger partial charge in [0.15, 0.2) is 0 Å². The molecule has 2 amide bonds. The van der Waals surface area contributed by atoms with Crippen LogP contribution in [0, 0.1) is 5.92 Å². The topological polar surface area (TPSA) is 99.1 Å². The summed E-state index contributed by atoms with van der Waals surface area (Å²) in [5, 5.41) is 17.0. The maximum atomic E-state index is 12.1. The number of nitrogens with zero attached hydrogens (tertiary/aromatic N) is 2. The van der Waals surface area contributed by atoms with Crippen molar-refractivity contribution in [3.05, 3.63) is 0 Å². The fourth-order valence-electron chi connectivity index (χ4n) is 2.68. The van der Waals surface area contributed by atoms with E-state index in [1.165, 1.54) is 7.05 Å². The third-order valence-corrected chi connectivity index (χ3v) is 3.87. The molecule has 1 heterocycles. The smallest absolute Gasteiger partial charge is 0.308 e. The molecule has 7 nitrogen and oxygen atoms in total. The lowest BCUT2D eigenvalue weighted by atomic mass is 9.84. The molecule has 0 spiro atoms. The summed E-state index contributed by atoms with van der Waals surface area (Å²) in [6, 6.07) is -0.348. The normalized spacial score (nSPS) is 26.9. The minimum atomic E-state index is -0.868. The second kappa shape index (κ2) is 6.02. The molecule has 0 aromatic carbocycles. The number of carboxylic acids is 1. The SMILES string of the molecule is CN1N=C(C(=O)NC2CCCCC2C(=O)O)CCC1=O. The van der Waals surface area contributed by atoms with E-state index in [0.717, 1.165) is 17.9 Å². The van der Waals surface area contributed by atoms with Gasteiger partial charge in [0.1, 0.15) is 5.71 Å². The third-order valence-electron chi connectivity index (χ3n) is 3.87. The van der Waals surface area contributed by atoms with E-state index >= 15 is 0 Å². The van der Waals surface area contributed by atoms with Gasteiger partial charge < -0.3 is 10.4 Å². The van der Waals surface area contributed by atoms with Crippen LogP contribution in [0.4, 0.5) is 0 Å². The van der Waals surface area contributed by atoms with Gasteiger partial charge in [0.25, 0.3) is 5.91 Å². The first-order chi connectivity index (χ1) is 9.49. The standard InChI is InChI=1S/C13H19N3O4/c1-16-11(17)7-6-10(15-16)12(18)14-9-5-3-2-4-8(9)13(19)20/h8-9H,2-7H2,1H3,(H,14,18)(H,19,20). The minimum Gasteiger partial charge on any atom is -0.481 e. The Morgan fingerprint density at radius 3 is 2.65 bits per heavy atom. The Kier molecular flexibility index (Phi) is 4.36. The quantitative estimate of drug-likeness (QED) is 0.780. The molecule has 110 valence electrons. The van der Waals surface area contributed by atoms with Crippen molar-refractivity contribution in [3.63, 3.8) is 0 Å². The van der Waals surface area contributed by atoms with Gasteiger partial charge in [-0.2, -0.15) is 5.10 Å². The van der Waals surface area contributed by atoms with E-state index in [9.17, 15) is 19.5 Å². The highest BCUT2D eigenvalue weighted by molar-refractivity contribution is 6.39. The lowest BCUT2D eigenvalue weighted by molar-refractivity contribution is -0.144. The molecule has 2 atom stereocenters. The van der Waals surface area contributed by atoms with Crippen LogP contribution in [0.1, 0.15) is 38.5 Å². The van der Waals surface area contributed by atoms with Crippen molar-refractivity contribution < 1.29 is 19.5 Å². The van der Waals surface area contributed by atoms with E-state index < -0.39 is 11.9 Å². The fourth-order valence-corrected chi connectivity index (χ4v) is 2.68. The number of amides is 2. The monoisotopic (exact) mass is 281 g/mol. The van der Waals surface area contributed by atoms with Crippen molar-refractivity contribution in [1.29, 1.82) is 0 Å². The average Bonchev–Trinajstić information content (AvgIpc) is 2.42. The number of hydrogen-bond donors (Lipinski definition) is 2. The molecule has 2 unspecified atom stereocenters. The number of carbonyl (C=O) groups excluding carboxylic acids is 2. The maximum Gasteiger partial charge on any atom is 0.308 e. The Morgan fingerprint density at radius 1 is 1.30 bits per heavy atom. The number of hydrogen-bond acceptors (Lipinski definition) is 4. The van der Waals surface area contributed by atoms with Crippen LogP contribution in [0.3, 0.4) is 0 Å². The zero-order valence-electron chi connectivity index (χ0n) is 11.5. The van der Waals surface area contributed by atoms with Crippen LogP contribution in [-0.2, 0) is 14.4 Å². The van der Waals surface area contributed by atoms with Crippen LogP contribution in [0.25, 0.3) is 0 Å². The van der Waals surface area contributed by atoms with Crippen LogP contribution < -0.4 is 5.32 Å². The highest BCUT2D eigenvalue weighted by atomic mass is 16.4. The van der Waals surface area contributed by atoms with E-state index in [1.807, 2.05) is 0 Å². The van der Waals surface area contributed by atoms with Crippen LogP contribution in [0.5, 0.6) is 0 Å². The van der Waals surface area contributed by atoms with Crippen molar-refractivity contribution >= 4 is 23.5 Å². The number of nitrogens with one attached hydrogen (secondary N) is 1. The Balaban J connectivity index is 2.01. The summed E-state index contributed by atoms with van der Waals surface area (Å²) in [6.07, 6.45) is 3.62. The van der Waals surface area contributed by atoms with Crippen molar-refractivity contribution in [2.24, 2.45) is 11.0 Å². The molecule has 0 aromatic heterocycles. The van der Waals surface area contributed by atoms with Gasteiger partial charge in [-0.15, -0.1) is 0 Å². The molecule has 2 aliphatic rings. The Morgan fingerprint density at radius 2 is 2.00 bits per heavy atom. The molecule has 7 heteroatoms. The third kappa shape index (κ3) is 3.15. The molecule has 2 rings (SSSR count). The number of carboxylic acid groups (broad SMARTS) is 1. The van der Waals surface area contributed by atoms with Gasteiger partial charge in [0.2, 0.25) is 5.91 Å². The van der Waals surface area contributed by atoms with E-state index in [-0.39, 0.29) is 24.3 Å². The van der Waals surface area contributed by atoms with Gasteiger partial charge in [-0.3, -0.25) is 14.4 Å². The molecule has 1 fully saturated rings. The molecule has 0 bridgehead atoms. The van der Waals surface area contributed by atoms with E-state index in [4.69, 9.17) is 0 Å². The first-order valence-corrected chi connectivity index (χ1v) is 6.86. The number of aliphatic carboxylic acids is 1. The Hall–Kier alpha value is -1.92. The van der Waals surface area contributed by atoms with Gasteiger partial charge in [-0.1, -0.05) is 12.8 Å². The zero-order valence-corrected chi connectivity index (χ0v) is 11.5. The van der Waals surface area contributed by atoms with E-state index in [1.54, 1.807) is 0 Å². The summed E-state index contributed by atoms with van der Waals surface area (Å²) in [7, 11) is 1.51. The average molecular weight is 281 g/mol. The van der Waals surface area contributed by atoms with Gasteiger partial charge in [0.05, 0.1) is 5.92 Å². The van der Waals surface area contributed by atoms with Gasteiger partial charge in [-0.05, 0) is 12.8 Å². The summed E-state index contributed by atoms with van der Waals surface area (Å²) in [4.78, 5) is 34.6. The second-order valence-electron chi connectivity index (χ2n) is 5.27. The first kappa shape index (κ1) is 14.5. The summed E-state index contributed by atoms with van der Waals surface area (Å²) < 4.78 is 0. The van der Waals surface area contributed by atoms with Crippen molar-refractivity contribution in [3.8, 4) is 0 Å². The number of hydrazone groups is 1. The number of carbonyl (C=O) groups is 3.